The van der Waals surface area contributed by atoms with E-state index in [2.05, 4.69) is 5.32 Å². The molecule has 0 aromatic heterocycles. The number of carbonyl (C=O) groups is 2. The van der Waals surface area contributed by atoms with Gasteiger partial charge in [0.1, 0.15) is 11.3 Å². The molecule has 98 valence electrons. The van der Waals surface area contributed by atoms with Crippen molar-refractivity contribution < 1.29 is 19.4 Å². The Morgan fingerprint density at radius 1 is 1.22 bits per heavy atom. The van der Waals surface area contributed by atoms with Gasteiger partial charge in [-0.1, -0.05) is 18.2 Å². The first kappa shape index (κ1) is 14.0. The summed E-state index contributed by atoms with van der Waals surface area (Å²) in [6, 6.07) is 5.49. The van der Waals surface area contributed by atoms with Gasteiger partial charge >= 0.3 is 12.1 Å². The Morgan fingerprint density at radius 2 is 1.72 bits per heavy atom. The number of ether oxygens (including phenoxy) is 1. The van der Waals surface area contributed by atoms with Crippen LogP contribution in [-0.4, -0.2) is 22.7 Å². The lowest BCUT2D eigenvalue weighted by atomic mass is 10.1. The summed E-state index contributed by atoms with van der Waals surface area (Å²) in [6.07, 6.45) is -0.778. The fraction of sp³-hybridized carbons (Fsp3) is 0.385. The number of para-hydroxylation sites is 1. The Kier molecular flexibility index (Phi) is 3.96. The molecule has 0 aliphatic heterocycles. The summed E-state index contributed by atoms with van der Waals surface area (Å²) < 4.78 is 5.15. The second-order valence-corrected chi connectivity index (χ2v) is 4.67. The number of rotatable bonds is 3. The van der Waals surface area contributed by atoms with Gasteiger partial charge in [0, 0.05) is 0 Å². The molecule has 0 saturated heterocycles. The molecule has 18 heavy (non-hydrogen) atoms. The Bertz CT molecular complexity index is 460. The zero-order valence-electron chi connectivity index (χ0n) is 10.9. The van der Waals surface area contributed by atoms with Crippen LogP contribution in [-0.2, 0) is 4.79 Å². The first-order valence-electron chi connectivity index (χ1n) is 5.53. The Labute approximate surface area is 106 Å². The summed E-state index contributed by atoms with van der Waals surface area (Å²) in [5.74, 6) is -0.669. The number of benzene rings is 1. The molecule has 0 atom stereocenters. The van der Waals surface area contributed by atoms with Crippen LogP contribution in [0.2, 0.25) is 0 Å². The zero-order chi connectivity index (χ0) is 13.9. The van der Waals surface area contributed by atoms with Crippen LogP contribution in [0.15, 0.2) is 18.2 Å². The summed E-state index contributed by atoms with van der Waals surface area (Å²) in [6.45, 7) is 6.42. The molecule has 0 bridgehead atoms. The minimum Gasteiger partial charge on any atom is -0.480 e. The number of amides is 1. The lowest BCUT2D eigenvalue weighted by Crippen LogP contribution is -2.50. The largest absolute Gasteiger partial charge is 0.480 e. The van der Waals surface area contributed by atoms with E-state index in [1.807, 2.05) is 32.0 Å². The van der Waals surface area contributed by atoms with Crippen LogP contribution in [0.1, 0.15) is 25.0 Å². The van der Waals surface area contributed by atoms with E-state index in [1.54, 1.807) is 0 Å². The fourth-order valence-electron chi connectivity index (χ4n) is 1.39. The van der Waals surface area contributed by atoms with Crippen molar-refractivity contribution in [2.75, 3.05) is 0 Å². The van der Waals surface area contributed by atoms with Crippen molar-refractivity contribution in [3.63, 3.8) is 0 Å². The first-order chi connectivity index (χ1) is 8.24. The second kappa shape index (κ2) is 5.08. The number of carboxylic acid groups (broad SMARTS) is 1. The summed E-state index contributed by atoms with van der Waals surface area (Å²) in [7, 11) is 0. The van der Waals surface area contributed by atoms with Crippen molar-refractivity contribution >= 4 is 12.1 Å². The van der Waals surface area contributed by atoms with Gasteiger partial charge in [0.25, 0.3) is 0 Å². The van der Waals surface area contributed by atoms with Crippen molar-refractivity contribution in [2.24, 2.45) is 0 Å². The number of hydrogen-bond donors (Lipinski definition) is 2. The van der Waals surface area contributed by atoms with E-state index < -0.39 is 17.6 Å². The van der Waals surface area contributed by atoms with Gasteiger partial charge < -0.3 is 15.2 Å². The van der Waals surface area contributed by atoms with E-state index in [9.17, 15) is 9.59 Å². The van der Waals surface area contributed by atoms with Crippen LogP contribution in [0.3, 0.4) is 0 Å². The van der Waals surface area contributed by atoms with Gasteiger partial charge in [-0.2, -0.15) is 0 Å². The highest BCUT2D eigenvalue weighted by Crippen LogP contribution is 2.22. The molecular formula is C13H17NO4. The van der Waals surface area contributed by atoms with E-state index in [0.29, 0.717) is 5.75 Å². The smallest absolute Gasteiger partial charge is 0.413 e. The molecule has 0 spiro atoms. The number of aliphatic carboxylic acids is 1. The number of hydrogen-bond acceptors (Lipinski definition) is 3. The average molecular weight is 251 g/mol. The predicted molar refractivity (Wildman–Crippen MR) is 66.8 cm³/mol. The van der Waals surface area contributed by atoms with Gasteiger partial charge in [0.15, 0.2) is 0 Å². The molecule has 1 rings (SSSR count). The molecule has 0 heterocycles. The van der Waals surface area contributed by atoms with Crippen LogP contribution in [0.5, 0.6) is 5.75 Å². The second-order valence-electron chi connectivity index (χ2n) is 4.67. The van der Waals surface area contributed by atoms with Crippen molar-refractivity contribution in [3.8, 4) is 5.75 Å². The Morgan fingerprint density at radius 3 is 2.17 bits per heavy atom. The number of aryl methyl sites for hydroxylation is 2. The highest BCUT2D eigenvalue weighted by Gasteiger charge is 2.30. The van der Waals surface area contributed by atoms with Gasteiger partial charge in [0.05, 0.1) is 0 Å². The van der Waals surface area contributed by atoms with Gasteiger partial charge in [-0.15, -0.1) is 0 Å². The lowest BCUT2D eigenvalue weighted by molar-refractivity contribution is -0.143. The molecule has 1 aromatic rings. The minimum atomic E-state index is -1.37. The van der Waals surface area contributed by atoms with E-state index in [1.165, 1.54) is 13.8 Å². The highest BCUT2D eigenvalue weighted by atomic mass is 16.6. The molecular weight excluding hydrogens is 234 g/mol. The van der Waals surface area contributed by atoms with Crippen LogP contribution in [0.4, 0.5) is 4.79 Å². The van der Waals surface area contributed by atoms with Crippen LogP contribution in [0.25, 0.3) is 0 Å². The average Bonchev–Trinajstić information content (AvgIpc) is 2.22. The molecule has 1 aromatic carbocycles. The van der Waals surface area contributed by atoms with Crippen LogP contribution >= 0.6 is 0 Å². The quantitative estimate of drug-likeness (QED) is 0.864. The number of nitrogens with one attached hydrogen (secondary N) is 1. The van der Waals surface area contributed by atoms with E-state index in [4.69, 9.17) is 9.84 Å². The predicted octanol–water partition coefficient (Wildman–Crippen LogP) is 2.26. The molecule has 0 unspecified atom stereocenters. The Balaban J connectivity index is 2.80. The third-order valence-electron chi connectivity index (χ3n) is 2.55. The molecule has 2 N–H and O–H groups in total. The third-order valence-corrected chi connectivity index (χ3v) is 2.55. The number of carboxylic acids is 1. The van der Waals surface area contributed by atoms with Gasteiger partial charge in [0.2, 0.25) is 0 Å². The normalized spacial score (nSPS) is 10.9. The maximum absolute atomic E-state index is 11.6. The van der Waals surface area contributed by atoms with Crippen LogP contribution < -0.4 is 10.1 Å². The zero-order valence-corrected chi connectivity index (χ0v) is 10.9. The standard InChI is InChI=1S/C13H17NO4/c1-8-6-5-7-9(2)10(8)18-12(17)14-13(3,4)11(15)16/h5-7H,1-4H3,(H,14,17)(H,15,16). The Hall–Kier alpha value is -2.04. The summed E-state index contributed by atoms with van der Waals surface area (Å²) in [5, 5.41) is 11.2. The first-order valence-corrected chi connectivity index (χ1v) is 5.53. The number of carbonyl (C=O) groups excluding carboxylic acids is 1. The van der Waals surface area contributed by atoms with Crippen LogP contribution in [0, 0.1) is 13.8 Å². The summed E-state index contributed by atoms with van der Waals surface area (Å²) in [5.41, 5.74) is 0.268. The SMILES string of the molecule is Cc1cccc(C)c1OC(=O)NC(C)(C)C(=O)O. The van der Waals surface area contributed by atoms with Crippen molar-refractivity contribution in [3.05, 3.63) is 29.3 Å². The van der Waals surface area contributed by atoms with Gasteiger partial charge in [-0.05, 0) is 38.8 Å². The summed E-state index contributed by atoms with van der Waals surface area (Å²) >= 11 is 0. The third kappa shape index (κ3) is 3.23. The molecule has 0 aliphatic carbocycles. The lowest BCUT2D eigenvalue weighted by Gasteiger charge is -2.21. The fourth-order valence-corrected chi connectivity index (χ4v) is 1.39. The van der Waals surface area contributed by atoms with Gasteiger partial charge in [-0.25, -0.2) is 9.59 Å². The maximum Gasteiger partial charge on any atom is 0.413 e. The molecule has 0 radical (unpaired) electrons. The molecule has 5 nitrogen and oxygen atoms in total. The van der Waals surface area contributed by atoms with E-state index in [-0.39, 0.29) is 0 Å². The minimum absolute atomic E-state index is 0.455. The maximum atomic E-state index is 11.6. The molecule has 0 saturated carbocycles. The van der Waals surface area contributed by atoms with E-state index in [0.717, 1.165) is 11.1 Å². The monoisotopic (exact) mass is 251 g/mol. The highest BCUT2D eigenvalue weighted by molar-refractivity contribution is 5.84. The van der Waals surface area contributed by atoms with Crippen molar-refractivity contribution in [1.29, 1.82) is 0 Å². The molecule has 0 aliphatic rings. The van der Waals surface area contributed by atoms with E-state index >= 15 is 0 Å². The topological polar surface area (TPSA) is 75.6 Å². The molecule has 1 amide bonds. The molecule has 5 heteroatoms. The van der Waals surface area contributed by atoms with Gasteiger partial charge in [-0.3, -0.25) is 0 Å². The van der Waals surface area contributed by atoms with Crippen molar-refractivity contribution in [2.45, 2.75) is 33.2 Å². The molecule has 0 fully saturated rings. The van der Waals surface area contributed by atoms with Crippen molar-refractivity contribution in [1.82, 2.24) is 5.32 Å². The summed E-state index contributed by atoms with van der Waals surface area (Å²) in [4.78, 5) is 22.5.